The van der Waals surface area contributed by atoms with Crippen molar-refractivity contribution in [3.05, 3.63) is 6.20 Å². The third-order valence-corrected chi connectivity index (χ3v) is 3.81. The standard InChI is InChI=1S/C14H23N7/c1-3-15-14-18-12(11-9-17-20-13(11)19-14)16-7-8-21(4-2)10-5-6-10/h9-10H,3-8H2,1-2H3,(H3,15,16,17,18,19,20). The quantitative estimate of drug-likeness (QED) is 0.686. The first-order valence-electron chi connectivity index (χ1n) is 7.74. The fourth-order valence-corrected chi connectivity index (χ4v) is 2.56. The Hall–Kier alpha value is -1.89. The van der Waals surface area contributed by atoms with Crippen LogP contribution >= 0.6 is 0 Å². The van der Waals surface area contributed by atoms with E-state index in [1.54, 1.807) is 6.20 Å². The molecule has 1 aliphatic carbocycles. The highest BCUT2D eigenvalue weighted by Crippen LogP contribution is 2.26. The maximum Gasteiger partial charge on any atom is 0.226 e. The average Bonchev–Trinajstić information content (AvgIpc) is 3.21. The summed E-state index contributed by atoms with van der Waals surface area (Å²) in [5, 5.41) is 14.5. The van der Waals surface area contributed by atoms with Crippen molar-refractivity contribution in [2.45, 2.75) is 32.7 Å². The summed E-state index contributed by atoms with van der Waals surface area (Å²) in [6.07, 6.45) is 4.46. The highest BCUT2D eigenvalue weighted by molar-refractivity contribution is 5.86. The van der Waals surface area contributed by atoms with Gasteiger partial charge in [0.05, 0.1) is 11.6 Å². The van der Waals surface area contributed by atoms with Crippen LogP contribution in [-0.2, 0) is 0 Å². The van der Waals surface area contributed by atoms with Gasteiger partial charge in [0.15, 0.2) is 5.65 Å². The topological polar surface area (TPSA) is 81.8 Å². The normalized spacial score (nSPS) is 14.8. The van der Waals surface area contributed by atoms with E-state index in [0.717, 1.165) is 49.1 Å². The molecule has 0 atom stereocenters. The van der Waals surface area contributed by atoms with E-state index in [1.165, 1.54) is 12.8 Å². The number of H-pyrrole nitrogens is 1. The summed E-state index contributed by atoms with van der Waals surface area (Å²) in [4.78, 5) is 11.4. The minimum absolute atomic E-state index is 0.631. The predicted octanol–water partition coefficient (Wildman–Crippen LogP) is 1.68. The van der Waals surface area contributed by atoms with E-state index in [-0.39, 0.29) is 0 Å². The van der Waals surface area contributed by atoms with Crippen molar-refractivity contribution in [1.82, 2.24) is 25.1 Å². The lowest BCUT2D eigenvalue weighted by Gasteiger charge is -2.20. The lowest BCUT2D eigenvalue weighted by atomic mass is 10.3. The summed E-state index contributed by atoms with van der Waals surface area (Å²) in [5.41, 5.74) is 0.762. The highest BCUT2D eigenvalue weighted by Gasteiger charge is 2.27. The van der Waals surface area contributed by atoms with Crippen LogP contribution < -0.4 is 10.6 Å². The van der Waals surface area contributed by atoms with Crippen LogP contribution in [0.15, 0.2) is 6.20 Å². The molecule has 3 rings (SSSR count). The molecule has 1 fully saturated rings. The summed E-state index contributed by atoms with van der Waals surface area (Å²) < 4.78 is 0. The molecule has 0 unspecified atom stereocenters. The maximum absolute atomic E-state index is 4.53. The summed E-state index contributed by atoms with van der Waals surface area (Å²) in [7, 11) is 0. The number of likely N-dealkylation sites (N-methyl/N-ethyl adjacent to an activating group) is 1. The number of aromatic nitrogens is 4. The van der Waals surface area contributed by atoms with E-state index in [0.29, 0.717) is 5.95 Å². The van der Waals surface area contributed by atoms with Crippen LogP contribution in [0.3, 0.4) is 0 Å². The molecule has 1 saturated carbocycles. The number of nitrogens with one attached hydrogen (secondary N) is 3. The van der Waals surface area contributed by atoms with Gasteiger partial charge in [-0.2, -0.15) is 15.1 Å². The highest BCUT2D eigenvalue weighted by atomic mass is 15.2. The molecule has 2 aromatic heterocycles. The molecule has 114 valence electrons. The molecule has 0 amide bonds. The first-order chi connectivity index (χ1) is 10.3. The second-order valence-electron chi connectivity index (χ2n) is 5.34. The van der Waals surface area contributed by atoms with Crippen molar-refractivity contribution in [3.63, 3.8) is 0 Å². The Kier molecular flexibility index (Phi) is 4.19. The molecule has 0 spiro atoms. The Morgan fingerprint density at radius 3 is 2.86 bits per heavy atom. The Balaban J connectivity index is 1.68. The van der Waals surface area contributed by atoms with Crippen LogP contribution in [0.4, 0.5) is 11.8 Å². The zero-order valence-corrected chi connectivity index (χ0v) is 12.7. The number of nitrogens with zero attached hydrogens (tertiary/aromatic N) is 4. The van der Waals surface area contributed by atoms with E-state index in [9.17, 15) is 0 Å². The molecule has 7 nitrogen and oxygen atoms in total. The molecule has 0 aliphatic heterocycles. The van der Waals surface area contributed by atoms with Crippen LogP contribution in [0.1, 0.15) is 26.7 Å². The summed E-state index contributed by atoms with van der Waals surface area (Å²) in [6, 6.07) is 0.800. The van der Waals surface area contributed by atoms with Gasteiger partial charge in [-0.1, -0.05) is 6.92 Å². The third-order valence-electron chi connectivity index (χ3n) is 3.81. The van der Waals surface area contributed by atoms with Crippen molar-refractivity contribution in [1.29, 1.82) is 0 Å². The van der Waals surface area contributed by atoms with Crippen LogP contribution in [-0.4, -0.2) is 57.3 Å². The van der Waals surface area contributed by atoms with E-state index < -0.39 is 0 Å². The molecule has 2 heterocycles. The number of hydrogen-bond acceptors (Lipinski definition) is 6. The van der Waals surface area contributed by atoms with Crippen molar-refractivity contribution in [2.24, 2.45) is 0 Å². The fraction of sp³-hybridized carbons (Fsp3) is 0.643. The van der Waals surface area contributed by atoms with Gasteiger partial charge in [0.1, 0.15) is 5.82 Å². The molecule has 2 aromatic rings. The van der Waals surface area contributed by atoms with Crippen LogP contribution in [0.5, 0.6) is 0 Å². The molecule has 0 aromatic carbocycles. The number of hydrogen-bond donors (Lipinski definition) is 3. The smallest absolute Gasteiger partial charge is 0.226 e. The fourth-order valence-electron chi connectivity index (χ4n) is 2.56. The van der Waals surface area contributed by atoms with Gasteiger partial charge in [0, 0.05) is 25.7 Å². The Morgan fingerprint density at radius 2 is 2.14 bits per heavy atom. The Bertz CT molecular complexity index is 590. The summed E-state index contributed by atoms with van der Waals surface area (Å²) >= 11 is 0. The summed E-state index contributed by atoms with van der Waals surface area (Å²) in [5.74, 6) is 1.47. The molecule has 0 bridgehead atoms. The van der Waals surface area contributed by atoms with Crippen LogP contribution in [0.25, 0.3) is 11.0 Å². The van der Waals surface area contributed by atoms with E-state index in [1.807, 2.05) is 6.92 Å². The zero-order valence-electron chi connectivity index (χ0n) is 12.7. The third kappa shape index (κ3) is 3.24. The van der Waals surface area contributed by atoms with E-state index in [4.69, 9.17) is 0 Å². The average molecular weight is 289 g/mol. The Morgan fingerprint density at radius 1 is 1.29 bits per heavy atom. The number of aromatic amines is 1. The first kappa shape index (κ1) is 14.1. The van der Waals surface area contributed by atoms with E-state index >= 15 is 0 Å². The monoisotopic (exact) mass is 289 g/mol. The van der Waals surface area contributed by atoms with Crippen molar-refractivity contribution in [3.8, 4) is 0 Å². The van der Waals surface area contributed by atoms with Gasteiger partial charge in [-0.3, -0.25) is 10.00 Å². The SMILES string of the molecule is CCNc1nc(NCCN(CC)C2CC2)c2cn[nH]c2n1. The maximum atomic E-state index is 4.53. The van der Waals surface area contributed by atoms with Crippen molar-refractivity contribution in [2.75, 3.05) is 36.8 Å². The summed E-state index contributed by atoms with van der Waals surface area (Å²) in [6.45, 7) is 8.08. The number of rotatable bonds is 8. The molecule has 7 heteroatoms. The van der Waals surface area contributed by atoms with Gasteiger partial charge in [0.25, 0.3) is 0 Å². The zero-order chi connectivity index (χ0) is 14.7. The first-order valence-corrected chi connectivity index (χ1v) is 7.74. The minimum Gasteiger partial charge on any atom is -0.368 e. The van der Waals surface area contributed by atoms with Gasteiger partial charge in [-0.25, -0.2) is 0 Å². The minimum atomic E-state index is 0.631. The lowest BCUT2D eigenvalue weighted by molar-refractivity contribution is 0.289. The molecule has 21 heavy (non-hydrogen) atoms. The Labute approximate surface area is 124 Å². The van der Waals surface area contributed by atoms with Gasteiger partial charge in [0.2, 0.25) is 5.95 Å². The number of fused-ring (bicyclic) bond motifs is 1. The van der Waals surface area contributed by atoms with E-state index in [2.05, 4.69) is 42.6 Å². The molecule has 0 radical (unpaired) electrons. The van der Waals surface area contributed by atoms with Gasteiger partial charge >= 0.3 is 0 Å². The van der Waals surface area contributed by atoms with Gasteiger partial charge < -0.3 is 10.6 Å². The molecular formula is C14H23N7. The van der Waals surface area contributed by atoms with Gasteiger partial charge in [-0.15, -0.1) is 0 Å². The van der Waals surface area contributed by atoms with Crippen molar-refractivity contribution >= 4 is 22.8 Å². The van der Waals surface area contributed by atoms with Gasteiger partial charge in [-0.05, 0) is 26.3 Å². The molecule has 3 N–H and O–H groups in total. The predicted molar refractivity (Wildman–Crippen MR) is 84.6 cm³/mol. The molecular weight excluding hydrogens is 266 g/mol. The second-order valence-corrected chi connectivity index (χ2v) is 5.34. The lowest BCUT2D eigenvalue weighted by Crippen LogP contribution is -2.31. The second kappa shape index (κ2) is 6.26. The molecule has 1 aliphatic rings. The largest absolute Gasteiger partial charge is 0.368 e. The number of anilines is 2. The van der Waals surface area contributed by atoms with Crippen LogP contribution in [0.2, 0.25) is 0 Å². The molecule has 0 saturated heterocycles. The van der Waals surface area contributed by atoms with Crippen LogP contribution in [0, 0.1) is 0 Å². The van der Waals surface area contributed by atoms with Crippen molar-refractivity contribution < 1.29 is 0 Å².